The first kappa shape index (κ1) is 17.8. The monoisotopic (exact) mass is 350 g/mol. The highest BCUT2D eigenvalue weighted by molar-refractivity contribution is 6.30. The van der Waals surface area contributed by atoms with Crippen LogP contribution in [0.5, 0.6) is 0 Å². The van der Waals surface area contributed by atoms with Crippen LogP contribution in [0.3, 0.4) is 0 Å². The number of rotatable bonds is 6. The van der Waals surface area contributed by atoms with Gasteiger partial charge in [0.05, 0.1) is 11.4 Å². The Hall–Kier alpha value is -2.54. The van der Waals surface area contributed by atoms with Crippen LogP contribution in [0.15, 0.2) is 36.7 Å². The molecule has 8 heteroatoms. The number of urea groups is 1. The van der Waals surface area contributed by atoms with Crippen LogP contribution in [0.25, 0.3) is 5.69 Å². The number of carboxylic acids is 1. The first-order valence-corrected chi connectivity index (χ1v) is 7.75. The molecule has 0 aliphatic carbocycles. The van der Waals surface area contributed by atoms with Crippen molar-refractivity contribution < 1.29 is 14.7 Å². The van der Waals surface area contributed by atoms with Crippen molar-refractivity contribution in [3.05, 3.63) is 41.7 Å². The number of aliphatic carboxylic acids is 1. The van der Waals surface area contributed by atoms with E-state index in [0.717, 1.165) is 0 Å². The zero-order valence-electron chi connectivity index (χ0n) is 13.4. The van der Waals surface area contributed by atoms with E-state index < -0.39 is 17.5 Å². The molecule has 0 bridgehead atoms. The number of aromatic nitrogens is 2. The minimum Gasteiger partial charge on any atom is -0.481 e. The maximum Gasteiger partial charge on any atom is 0.319 e. The van der Waals surface area contributed by atoms with Crippen molar-refractivity contribution in [3.8, 4) is 5.69 Å². The Kier molecular flexibility index (Phi) is 5.46. The first-order valence-electron chi connectivity index (χ1n) is 7.37. The average Bonchev–Trinajstić information content (AvgIpc) is 3.00. The summed E-state index contributed by atoms with van der Waals surface area (Å²) in [6, 6.07) is 6.38. The second-order valence-electron chi connectivity index (χ2n) is 5.97. The van der Waals surface area contributed by atoms with E-state index in [4.69, 9.17) is 16.7 Å². The lowest BCUT2D eigenvalue weighted by Crippen LogP contribution is -2.45. The van der Waals surface area contributed by atoms with Crippen molar-refractivity contribution >= 4 is 29.3 Å². The molecule has 0 unspecified atom stereocenters. The number of benzene rings is 1. The van der Waals surface area contributed by atoms with E-state index in [1.54, 1.807) is 55.2 Å². The maximum atomic E-state index is 12.2. The summed E-state index contributed by atoms with van der Waals surface area (Å²) in [4.78, 5) is 22.9. The Labute approximate surface area is 144 Å². The second-order valence-corrected chi connectivity index (χ2v) is 6.41. The highest BCUT2D eigenvalue weighted by Gasteiger charge is 2.22. The first-order chi connectivity index (χ1) is 11.3. The number of hydrogen-bond donors (Lipinski definition) is 3. The third-order valence-corrected chi connectivity index (χ3v) is 3.61. The number of carboxylic acid groups (broad SMARTS) is 1. The Bertz CT molecular complexity index is 729. The van der Waals surface area contributed by atoms with Crippen molar-refractivity contribution in [1.82, 2.24) is 15.1 Å². The fraction of sp³-hybridized carbons (Fsp3) is 0.312. The number of nitrogens with zero attached hydrogens (tertiary/aromatic N) is 2. The summed E-state index contributed by atoms with van der Waals surface area (Å²) >= 11 is 6.02. The zero-order valence-corrected chi connectivity index (χ0v) is 14.2. The fourth-order valence-corrected chi connectivity index (χ4v) is 2.32. The lowest BCUT2D eigenvalue weighted by atomic mass is 9.99. The molecule has 3 N–H and O–H groups in total. The Morgan fingerprint density at radius 1 is 1.38 bits per heavy atom. The van der Waals surface area contributed by atoms with Crippen molar-refractivity contribution in [3.63, 3.8) is 0 Å². The van der Waals surface area contributed by atoms with Gasteiger partial charge in [-0.3, -0.25) is 4.79 Å². The molecule has 0 aliphatic heterocycles. The summed E-state index contributed by atoms with van der Waals surface area (Å²) in [6.45, 7) is 3.54. The van der Waals surface area contributed by atoms with E-state index in [1.165, 1.54) is 0 Å². The third-order valence-electron chi connectivity index (χ3n) is 3.37. The van der Waals surface area contributed by atoms with Gasteiger partial charge in [-0.1, -0.05) is 11.6 Å². The van der Waals surface area contributed by atoms with E-state index in [2.05, 4.69) is 15.7 Å². The van der Waals surface area contributed by atoms with Crippen molar-refractivity contribution in [2.75, 3.05) is 5.32 Å². The minimum atomic E-state index is -0.899. The van der Waals surface area contributed by atoms with E-state index in [-0.39, 0.29) is 6.42 Å². The molecule has 0 aliphatic rings. The molecular formula is C16H19ClN4O3. The quantitative estimate of drug-likeness (QED) is 0.744. The Balaban J connectivity index is 2.11. The van der Waals surface area contributed by atoms with Gasteiger partial charge in [0.15, 0.2) is 0 Å². The van der Waals surface area contributed by atoms with Gasteiger partial charge in [-0.25, -0.2) is 9.48 Å². The fourth-order valence-electron chi connectivity index (χ4n) is 2.15. The van der Waals surface area contributed by atoms with Crippen LogP contribution < -0.4 is 10.6 Å². The number of nitrogens with one attached hydrogen (secondary N) is 2. The lowest BCUT2D eigenvalue weighted by molar-refractivity contribution is -0.137. The predicted molar refractivity (Wildman–Crippen MR) is 91.7 cm³/mol. The molecule has 0 saturated carbocycles. The molecule has 0 fully saturated rings. The molecule has 7 nitrogen and oxygen atoms in total. The standard InChI is InChI=1S/C16H19ClN4O3/c1-16(2,7-6-14(22)23)20-15(24)19-12-5-4-11(17)10-13(12)21-9-3-8-18-21/h3-5,8-10H,6-7H2,1-2H3,(H,22,23)(H2,19,20,24). The van der Waals surface area contributed by atoms with E-state index >= 15 is 0 Å². The molecule has 0 saturated heterocycles. The summed E-state index contributed by atoms with van der Waals surface area (Å²) in [7, 11) is 0. The van der Waals surface area contributed by atoms with Crippen molar-refractivity contribution in [2.24, 2.45) is 0 Å². The van der Waals surface area contributed by atoms with Gasteiger partial charge in [0, 0.05) is 29.4 Å². The highest BCUT2D eigenvalue weighted by atomic mass is 35.5. The molecule has 0 radical (unpaired) electrons. The lowest BCUT2D eigenvalue weighted by Gasteiger charge is -2.26. The summed E-state index contributed by atoms with van der Waals surface area (Å²) in [6.07, 6.45) is 3.67. The number of carbonyl (C=O) groups is 2. The maximum absolute atomic E-state index is 12.2. The van der Waals surface area contributed by atoms with Gasteiger partial charge in [-0.15, -0.1) is 0 Å². The number of halogens is 1. The van der Waals surface area contributed by atoms with Gasteiger partial charge in [0.25, 0.3) is 0 Å². The normalized spacial score (nSPS) is 11.1. The van der Waals surface area contributed by atoms with Gasteiger partial charge in [-0.05, 0) is 44.5 Å². The Morgan fingerprint density at radius 3 is 2.75 bits per heavy atom. The molecular weight excluding hydrogens is 332 g/mol. The predicted octanol–water partition coefficient (Wildman–Crippen LogP) is 3.29. The summed E-state index contributed by atoms with van der Waals surface area (Å²) in [5, 5.41) is 18.9. The van der Waals surface area contributed by atoms with Gasteiger partial charge in [0.2, 0.25) is 0 Å². The molecule has 0 spiro atoms. The van der Waals surface area contributed by atoms with E-state index in [0.29, 0.717) is 22.8 Å². The minimum absolute atomic E-state index is 0.0211. The van der Waals surface area contributed by atoms with Gasteiger partial charge < -0.3 is 15.7 Å². The molecule has 2 rings (SSSR count). The van der Waals surface area contributed by atoms with Crippen LogP contribution in [0.1, 0.15) is 26.7 Å². The van der Waals surface area contributed by atoms with Crippen LogP contribution in [-0.2, 0) is 4.79 Å². The number of amides is 2. The van der Waals surface area contributed by atoms with Crippen LogP contribution >= 0.6 is 11.6 Å². The molecule has 2 amide bonds. The largest absolute Gasteiger partial charge is 0.481 e. The van der Waals surface area contributed by atoms with Crippen molar-refractivity contribution in [1.29, 1.82) is 0 Å². The van der Waals surface area contributed by atoms with Gasteiger partial charge >= 0.3 is 12.0 Å². The summed E-state index contributed by atoms with van der Waals surface area (Å²) in [5.74, 6) is -0.899. The van der Waals surface area contributed by atoms with E-state index in [9.17, 15) is 9.59 Å². The molecule has 2 aromatic rings. The molecule has 1 heterocycles. The Morgan fingerprint density at radius 2 is 2.12 bits per heavy atom. The zero-order chi connectivity index (χ0) is 17.7. The number of anilines is 1. The molecule has 1 aromatic heterocycles. The van der Waals surface area contributed by atoms with Gasteiger partial charge in [-0.2, -0.15) is 5.10 Å². The third kappa shape index (κ3) is 4.99. The number of carbonyl (C=O) groups excluding carboxylic acids is 1. The topological polar surface area (TPSA) is 96.3 Å². The number of hydrogen-bond acceptors (Lipinski definition) is 3. The van der Waals surface area contributed by atoms with Gasteiger partial charge in [0.1, 0.15) is 0 Å². The van der Waals surface area contributed by atoms with Crippen LogP contribution in [0.4, 0.5) is 10.5 Å². The molecule has 0 atom stereocenters. The van der Waals surface area contributed by atoms with Crippen LogP contribution in [-0.4, -0.2) is 32.4 Å². The second kappa shape index (κ2) is 7.35. The highest BCUT2D eigenvalue weighted by Crippen LogP contribution is 2.24. The molecule has 24 heavy (non-hydrogen) atoms. The average molecular weight is 351 g/mol. The summed E-state index contributed by atoms with van der Waals surface area (Å²) < 4.78 is 1.59. The molecule has 1 aromatic carbocycles. The van der Waals surface area contributed by atoms with Crippen LogP contribution in [0, 0.1) is 0 Å². The summed E-state index contributed by atoms with van der Waals surface area (Å²) in [5.41, 5.74) is 0.515. The van der Waals surface area contributed by atoms with Crippen LogP contribution in [0.2, 0.25) is 5.02 Å². The van der Waals surface area contributed by atoms with Crippen molar-refractivity contribution in [2.45, 2.75) is 32.2 Å². The molecule has 128 valence electrons. The SMILES string of the molecule is CC(C)(CCC(=O)O)NC(=O)Nc1ccc(Cl)cc1-n1cccn1. The smallest absolute Gasteiger partial charge is 0.319 e. The van der Waals surface area contributed by atoms with E-state index in [1.807, 2.05) is 0 Å².